The molecule has 2 amide bonds. The Balaban J connectivity index is 1.32. The van der Waals surface area contributed by atoms with Crippen molar-refractivity contribution in [3.8, 4) is 16.8 Å². The Morgan fingerprint density at radius 3 is 2.62 bits per heavy atom. The van der Waals surface area contributed by atoms with Crippen LogP contribution in [0.5, 0.6) is 0 Å². The van der Waals surface area contributed by atoms with E-state index < -0.39 is 55.1 Å². The number of fused-ring (bicyclic) bond motifs is 4. The highest BCUT2D eigenvalue weighted by Crippen LogP contribution is 2.42. The summed E-state index contributed by atoms with van der Waals surface area (Å²) in [7, 11) is 0. The summed E-state index contributed by atoms with van der Waals surface area (Å²) in [5.74, 6) is -5.05. The third kappa shape index (κ3) is 7.47. The number of aromatic nitrogens is 5. The van der Waals surface area contributed by atoms with Gasteiger partial charge in [-0.3, -0.25) is 19.4 Å². The lowest BCUT2D eigenvalue weighted by molar-refractivity contribution is 0.0674. The third-order valence-electron chi connectivity index (χ3n) is 9.06. The number of hydrogen-bond donors (Lipinski definition) is 2. The number of hydrogen-bond acceptors (Lipinski definition) is 7. The molecule has 7 rings (SSSR count). The number of alkyl halides is 3. The van der Waals surface area contributed by atoms with Crippen LogP contribution in [-0.2, 0) is 4.74 Å². The van der Waals surface area contributed by atoms with Gasteiger partial charge in [0.2, 0.25) is 12.3 Å². The SMILES string of the molecule is CC(C)(C)CCN=C1NC(F)c2ncnn2-c2cc(ccc2Cl)[C@@H](COC(=O)N[C@H]2CC2(F)F)N1C(=O)c1ccc(-c2cnn(C3CC3)c2)c(F)c1. The largest absolute Gasteiger partial charge is 0.447 e. The zero-order valence-corrected chi connectivity index (χ0v) is 29.2. The van der Waals surface area contributed by atoms with Crippen molar-refractivity contribution < 1.29 is 31.9 Å². The molecule has 4 aromatic rings. The van der Waals surface area contributed by atoms with Crippen molar-refractivity contribution in [2.75, 3.05) is 13.2 Å². The second-order valence-electron chi connectivity index (χ2n) is 14.4. The molecule has 0 spiro atoms. The topological polar surface area (TPSA) is 132 Å². The maximum absolute atomic E-state index is 16.3. The van der Waals surface area contributed by atoms with Crippen LogP contribution in [0.25, 0.3) is 16.8 Å². The molecule has 12 nitrogen and oxygen atoms in total. The van der Waals surface area contributed by atoms with E-state index >= 15 is 8.78 Å². The van der Waals surface area contributed by atoms with Crippen LogP contribution < -0.4 is 10.6 Å². The lowest BCUT2D eigenvalue weighted by Crippen LogP contribution is -2.50. The number of guanidine groups is 1. The summed E-state index contributed by atoms with van der Waals surface area (Å²) < 4.78 is 67.8. The standard InChI is InChI=1S/C35H36ClF4N9O3/c1-34(2,3)10-11-41-32-46-29(38)30-42-18-44-49(30)26-13-19(5-9-24(26)36)27(17-52-33(51)45-28-14-35(28,39)40)48(32)31(50)20-4-8-23(25(37)12-20)21-15-43-47(16-21)22-6-7-22/h4-5,8-9,12-13,15-16,18,22,27-29H,6-7,10-11,14,17H2,1-3H3,(H,41,46)(H,45,51)/t27-,28+,29?/m1/s1. The van der Waals surface area contributed by atoms with E-state index in [4.69, 9.17) is 16.3 Å². The Morgan fingerprint density at radius 2 is 1.92 bits per heavy atom. The van der Waals surface area contributed by atoms with Gasteiger partial charge in [-0.2, -0.15) is 10.2 Å². The number of nitrogens with one attached hydrogen (secondary N) is 2. The molecule has 2 N–H and O–H groups in total. The fraction of sp³-hybridized carbons (Fsp3) is 0.429. The molecule has 2 bridgehead atoms. The van der Waals surface area contributed by atoms with Crippen molar-refractivity contribution in [3.05, 3.63) is 82.9 Å². The molecule has 52 heavy (non-hydrogen) atoms. The van der Waals surface area contributed by atoms with Gasteiger partial charge in [-0.1, -0.05) is 44.5 Å². The smallest absolute Gasteiger partial charge is 0.407 e. The van der Waals surface area contributed by atoms with Crippen molar-refractivity contribution in [3.63, 3.8) is 0 Å². The Bertz CT molecular complexity index is 2040. The Labute approximate surface area is 301 Å². The van der Waals surface area contributed by atoms with Crippen LogP contribution in [-0.4, -0.2) is 72.5 Å². The van der Waals surface area contributed by atoms with E-state index in [-0.39, 0.29) is 51.6 Å². The number of aliphatic imine (C=N–C) groups is 1. The average molecular weight is 742 g/mol. The first-order valence-electron chi connectivity index (χ1n) is 16.8. The van der Waals surface area contributed by atoms with Crippen molar-refractivity contribution in [2.45, 2.75) is 76.8 Å². The fourth-order valence-electron chi connectivity index (χ4n) is 5.83. The molecule has 1 unspecified atom stereocenters. The molecular formula is C35H36ClF4N9O3. The van der Waals surface area contributed by atoms with Gasteiger partial charge in [0.25, 0.3) is 11.8 Å². The van der Waals surface area contributed by atoms with Crippen LogP contribution in [0.3, 0.4) is 0 Å². The quantitative estimate of drug-likeness (QED) is 0.148. The molecule has 1 aliphatic heterocycles. The molecule has 2 aromatic heterocycles. The van der Waals surface area contributed by atoms with Crippen LogP contribution in [0.1, 0.15) is 86.6 Å². The maximum Gasteiger partial charge on any atom is 0.407 e. The van der Waals surface area contributed by atoms with Gasteiger partial charge in [-0.15, -0.1) is 0 Å². The molecule has 2 fully saturated rings. The van der Waals surface area contributed by atoms with E-state index in [9.17, 15) is 18.4 Å². The normalized spacial score (nSPS) is 21.7. The number of amides is 2. The molecular weight excluding hydrogens is 706 g/mol. The van der Waals surface area contributed by atoms with E-state index in [1.54, 1.807) is 23.1 Å². The molecule has 274 valence electrons. The zero-order chi connectivity index (χ0) is 36.9. The zero-order valence-electron chi connectivity index (χ0n) is 28.5. The fourth-order valence-corrected chi connectivity index (χ4v) is 6.02. The summed E-state index contributed by atoms with van der Waals surface area (Å²) in [4.78, 5) is 37.3. The number of carbonyl (C=O) groups is 2. The third-order valence-corrected chi connectivity index (χ3v) is 9.38. The van der Waals surface area contributed by atoms with Gasteiger partial charge in [-0.25, -0.2) is 32.0 Å². The van der Waals surface area contributed by atoms with E-state index in [2.05, 4.69) is 30.8 Å². The molecule has 3 aliphatic rings. The molecule has 2 aliphatic carbocycles. The van der Waals surface area contributed by atoms with Gasteiger partial charge in [-0.05, 0) is 54.5 Å². The number of ether oxygens (including phenoxy) is 1. The molecule has 0 saturated heterocycles. The molecule has 2 aromatic carbocycles. The maximum atomic E-state index is 16.3. The van der Waals surface area contributed by atoms with Crippen LogP contribution in [0.15, 0.2) is 60.1 Å². The predicted molar refractivity (Wildman–Crippen MR) is 182 cm³/mol. The van der Waals surface area contributed by atoms with Gasteiger partial charge in [0, 0.05) is 35.9 Å². The summed E-state index contributed by atoms with van der Waals surface area (Å²) in [6.45, 7) is 5.50. The predicted octanol–water partition coefficient (Wildman–Crippen LogP) is 6.94. The minimum absolute atomic E-state index is 0.127. The number of rotatable bonds is 8. The summed E-state index contributed by atoms with van der Waals surface area (Å²) in [6.07, 6.45) is 3.18. The summed E-state index contributed by atoms with van der Waals surface area (Å²) in [5, 5.41) is 13.4. The summed E-state index contributed by atoms with van der Waals surface area (Å²) >= 11 is 6.54. The molecule has 17 heteroatoms. The minimum atomic E-state index is -3.06. The molecule has 0 radical (unpaired) electrons. The van der Waals surface area contributed by atoms with Crippen LogP contribution in [0, 0.1) is 11.2 Å². The number of alkyl carbamates (subject to hydrolysis) is 1. The average Bonchev–Trinajstić information content (AvgIpc) is 3.87. The van der Waals surface area contributed by atoms with Crippen molar-refractivity contribution >= 4 is 29.6 Å². The van der Waals surface area contributed by atoms with E-state index in [0.717, 1.165) is 30.1 Å². The number of benzene rings is 2. The number of carbonyl (C=O) groups excluding carboxylic acids is 2. The highest BCUT2D eigenvalue weighted by atomic mass is 35.5. The highest BCUT2D eigenvalue weighted by molar-refractivity contribution is 6.32. The minimum Gasteiger partial charge on any atom is -0.447 e. The highest BCUT2D eigenvalue weighted by Gasteiger charge is 2.58. The van der Waals surface area contributed by atoms with Crippen LogP contribution in [0.2, 0.25) is 5.02 Å². The van der Waals surface area contributed by atoms with E-state index in [1.807, 2.05) is 20.8 Å². The Kier molecular flexibility index (Phi) is 9.21. The van der Waals surface area contributed by atoms with Gasteiger partial charge in [0.1, 0.15) is 24.8 Å². The Hall–Kier alpha value is -4.99. The van der Waals surface area contributed by atoms with E-state index in [0.29, 0.717) is 17.5 Å². The summed E-state index contributed by atoms with van der Waals surface area (Å²) in [6, 6.07) is 6.16. The first-order valence-corrected chi connectivity index (χ1v) is 17.2. The van der Waals surface area contributed by atoms with Gasteiger partial charge >= 0.3 is 6.09 Å². The van der Waals surface area contributed by atoms with Crippen molar-refractivity contribution in [1.29, 1.82) is 0 Å². The van der Waals surface area contributed by atoms with Crippen molar-refractivity contribution in [2.24, 2.45) is 10.4 Å². The monoisotopic (exact) mass is 741 g/mol. The lowest BCUT2D eigenvalue weighted by atomic mass is 9.92. The Morgan fingerprint density at radius 1 is 1.15 bits per heavy atom. The number of nitrogens with zero attached hydrogens (tertiary/aromatic N) is 7. The second kappa shape index (κ2) is 13.5. The summed E-state index contributed by atoms with van der Waals surface area (Å²) in [5.41, 5.74) is 0.952. The first kappa shape index (κ1) is 35.4. The molecule has 3 heterocycles. The van der Waals surface area contributed by atoms with Gasteiger partial charge in [0.15, 0.2) is 5.82 Å². The van der Waals surface area contributed by atoms with E-state index in [1.165, 1.54) is 28.9 Å². The van der Waals surface area contributed by atoms with Crippen LogP contribution >= 0.6 is 11.6 Å². The lowest BCUT2D eigenvalue weighted by Gasteiger charge is -2.34. The van der Waals surface area contributed by atoms with Gasteiger partial charge in [0.05, 0.1) is 29.0 Å². The van der Waals surface area contributed by atoms with Gasteiger partial charge < -0.3 is 15.4 Å². The molecule has 2 saturated carbocycles. The van der Waals surface area contributed by atoms with Crippen LogP contribution in [0.4, 0.5) is 22.4 Å². The second-order valence-corrected chi connectivity index (χ2v) is 14.8. The first-order chi connectivity index (χ1) is 24.7. The number of halogens is 5. The van der Waals surface area contributed by atoms with Crippen molar-refractivity contribution in [1.82, 2.24) is 40.1 Å². The molecule has 3 atom stereocenters.